The van der Waals surface area contributed by atoms with Crippen LogP contribution < -0.4 is 0 Å². The van der Waals surface area contributed by atoms with Gasteiger partial charge in [0.15, 0.2) is 9.84 Å². The van der Waals surface area contributed by atoms with Crippen LogP contribution >= 0.6 is 0 Å². The van der Waals surface area contributed by atoms with E-state index in [0.717, 1.165) is 18.2 Å². The summed E-state index contributed by atoms with van der Waals surface area (Å²) in [6, 6.07) is 1.89. The largest absolute Gasteiger partial charge is 0.480 e. The van der Waals surface area contributed by atoms with Crippen molar-refractivity contribution in [2.45, 2.75) is 28.8 Å². The maximum atomic E-state index is 13.0. The Labute approximate surface area is 134 Å². The Hall–Kier alpha value is -2.30. The van der Waals surface area contributed by atoms with Crippen molar-refractivity contribution < 1.29 is 41.4 Å². The van der Waals surface area contributed by atoms with Crippen molar-refractivity contribution in [3.05, 3.63) is 29.8 Å². The highest BCUT2D eigenvalue weighted by molar-refractivity contribution is 7.92. The number of carboxylic acid groups (broad SMARTS) is 2. The van der Waals surface area contributed by atoms with Crippen LogP contribution in [0.1, 0.15) is 12.0 Å². The molecule has 2 N–H and O–H groups in total. The number of aliphatic carboxylic acids is 1. The Kier molecular flexibility index (Phi) is 4.48. The fourth-order valence-electron chi connectivity index (χ4n) is 2.60. The number of sulfone groups is 1. The van der Waals surface area contributed by atoms with Crippen LogP contribution in [0.2, 0.25) is 0 Å². The minimum absolute atomic E-state index is 0.404. The monoisotopic (exact) mass is 367 g/mol. The zero-order chi connectivity index (χ0) is 18.3. The minimum atomic E-state index is -4.92. The predicted octanol–water partition coefficient (Wildman–Crippen LogP) is 1.68. The quantitative estimate of drug-likeness (QED) is 0.841. The Morgan fingerprint density at radius 3 is 2.21 bits per heavy atom. The predicted molar refractivity (Wildman–Crippen MR) is 73.2 cm³/mol. The number of hydrogen-bond acceptors (Lipinski definition) is 4. The van der Waals surface area contributed by atoms with Crippen LogP contribution in [0.3, 0.4) is 0 Å². The summed E-state index contributed by atoms with van der Waals surface area (Å²) < 4.78 is 64.1. The van der Waals surface area contributed by atoms with Crippen LogP contribution in [-0.2, 0) is 20.8 Å². The molecule has 0 unspecified atom stereocenters. The first-order valence-corrected chi connectivity index (χ1v) is 8.13. The maximum absolute atomic E-state index is 13.0. The number of carbonyl (C=O) groups is 2. The van der Waals surface area contributed by atoms with Crippen molar-refractivity contribution in [1.82, 2.24) is 4.90 Å². The van der Waals surface area contributed by atoms with E-state index in [2.05, 4.69) is 0 Å². The molecule has 1 saturated heterocycles. The van der Waals surface area contributed by atoms with E-state index in [-0.39, 0.29) is 0 Å². The van der Waals surface area contributed by atoms with E-state index in [1.807, 2.05) is 0 Å². The fourth-order valence-corrected chi connectivity index (χ4v) is 4.51. The zero-order valence-electron chi connectivity index (χ0n) is 11.9. The minimum Gasteiger partial charge on any atom is -0.480 e. The third-order valence-corrected chi connectivity index (χ3v) is 5.92. The standard InChI is InChI=1S/C13H12F3NO6S/c14-13(15,16)8-3-1-2-4-10(8)24(22,23)7-5-9(11(18)19)17(6-7)12(20)21/h1-4,7,9H,5-6H2,(H,18,19)(H,20,21)/t7-,9+/m1/s1. The highest BCUT2D eigenvalue weighted by Gasteiger charge is 2.47. The fraction of sp³-hybridized carbons (Fsp3) is 0.385. The van der Waals surface area contributed by atoms with Crippen molar-refractivity contribution in [3.63, 3.8) is 0 Å². The van der Waals surface area contributed by atoms with Crippen molar-refractivity contribution in [3.8, 4) is 0 Å². The van der Waals surface area contributed by atoms with Crippen LogP contribution in [0, 0.1) is 0 Å². The molecule has 0 radical (unpaired) electrons. The molecule has 0 bridgehead atoms. The molecule has 24 heavy (non-hydrogen) atoms. The third-order valence-electron chi connectivity index (χ3n) is 3.73. The summed E-state index contributed by atoms with van der Waals surface area (Å²) in [5.74, 6) is -1.56. The van der Waals surface area contributed by atoms with Gasteiger partial charge >= 0.3 is 18.2 Å². The van der Waals surface area contributed by atoms with E-state index in [4.69, 9.17) is 10.2 Å². The molecule has 0 saturated carbocycles. The van der Waals surface area contributed by atoms with Crippen molar-refractivity contribution in [2.75, 3.05) is 6.54 Å². The number of carboxylic acids is 1. The van der Waals surface area contributed by atoms with Crippen molar-refractivity contribution in [2.24, 2.45) is 0 Å². The topological polar surface area (TPSA) is 112 Å². The van der Waals surface area contributed by atoms with E-state index in [1.54, 1.807) is 0 Å². The second kappa shape index (κ2) is 5.96. The second-order valence-corrected chi connectivity index (χ2v) is 7.38. The third kappa shape index (κ3) is 3.16. The molecule has 132 valence electrons. The number of benzene rings is 1. The van der Waals surface area contributed by atoms with Gasteiger partial charge in [0.2, 0.25) is 0 Å². The molecule has 1 aliphatic heterocycles. The van der Waals surface area contributed by atoms with Gasteiger partial charge in [-0.15, -0.1) is 0 Å². The Morgan fingerprint density at radius 2 is 1.75 bits per heavy atom. The second-order valence-electron chi connectivity index (χ2n) is 5.19. The van der Waals surface area contributed by atoms with Crippen LogP contribution in [0.4, 0.5) is 18.0 Å². The lowest BCUT2D eigenvalue weighted by molar-refractivity contribution is -0.141. The van der Waals surface area contributed by atoms with Gasteiger partial charge in [0.05, 0.1) is 15.7 Å². The van der Waals surface area contributed by atoms with Crippen molar-refractivity contribution >= 4 is 21.9 Å². The first-order chi connectivity index (χ1) is 11.0. The number of hydrogen-bond donors (Lipinski definition) is 2. The van der Waals surface area contributed by atoms with Gasteiger partial charge in [0.1, 0.15) is 6.04 Å². The summed E-state index contributed by atoms with van der Waals surface area (Å²) in [5.41, 5.74) is -1.37. The van der Waals surface area contributed by atoms with E-state index >= 15 is 0 Å². The van der Waals surface area contributed by atoms with Gasteiger partial charge in [-0.2, -0.15) is 13.2 Å². The first-order valence-electron chi connectivity index (χ1n) is 6.58. The molecule has 1 amide bonds. The molecule has 1 fully saturated rings. The summed E-state index contributed by atoms with van der Waals surface area (Å²) in [4.78, 5) is 21.5. The van der Waals surface area contributed by atoms with Gasteiger partial charge < -0.3 is 10.2 Å². The van der Waals surface area contributed by atoms with E-state index in [9.17, 15) is 31.2 Å². The number of amides is 1. The van der Waals surface area contributed by atoms with E-state index in [1.165, 1.54) is 0 Å². The molecule has 11 heteroatoms. The lowest BCUT2D eigenvalue weighted by Gasteiger charge is -2.17. The highest BCUT2D eigenvalue weighted by Crippen LogP contribution is 2.37. The summed E-state index contributed by atoms with van der Waals surface area (Å²) in [5, 5.41) is 16.4. The molecule has 2 rings (SSSR count). The average molecular weight is 367 g/mol. The number of halogens is 3. The van der Waals surface area contributed by atoms with Crippen LogP contribution in [0.15, 0.2) is 29.2 Å². The molecule has 2 atom stereocenters. The smallest absolute Gasteiger partial charge is 0.417 e. The van der Waals surface area contributed by atoms with Crippen molar-refractivity contribution in [1.29, 1.82) is 0 Å². The summed E-state index contributed by atoms with van der Waals surface area (Å²) in [6.07, 6.45) is -7.18. The normalized spacial score (nSPS) is 21.7. The number of likely N-dealkylation sites (tertiary alicyclic amines) is 1. The van der Waals surface area contributed by atoms with Crippen LogP contribution in [0.5, 0.6) is 0 Å². The molecule has 0 spiro atoms. The Morgan fingerprint density at radius 1 is 1.17 bits per heavy atom. The van der Waals surface area contributed by atoms with Gasteiger partial charge in [0, 0.05) is 6.54 Å². The van der Waals surface area contributed by atoms with Crippen LogP contribution in [-0.4, -0.2) is 53.4 Å². The van der Waals surface area contributed by atoms with Gasteiger partial charge in [-0.05, 0) is 18.6 Å². The summed E-state index contributed by atoms with van der Waals surface area (Å²) in [6.45, 7) is -0.708. The number of rotatable bonds is 3. The first kappa shape index (κ1) is 18.0. The molecule has 1 aromatic carbocycles. The highest BCUT2D eigenvalue weighted by atomic mass is 32.2. The molecular formula is C13H12F3NO6S. The Balaban J connectivity index is 2.47. The molecule has 7 nitrogen and oxygen atoms in total. The molecule has 0 aromatic heterocycles. The Bertz CT molecular complexity index is 754. The SMILES string of the molecule is O=C(O)[C@@H]1C[C@@H](S(=O)(=O)c2ccccc2C(F)(F)F)CN1C(=O)O. The summed E-state index contributed by atoms with van der Waals surface area (Å²) in [7, 11) is -4.57. The van der Waals surface area contributed by atoms with E-state index in [0.29, 0.717) is 11.0 Å². The lowest BCUT2D eigenvalue weighted by Crippen LogP contribution is -2.39. The summed E-state index contributed by atoms with van der Waals surface area (Å²) >= 11 is 0. The number of nitrogens with zero attached hydrogens (tertiary/aromatic N) is 1. The average Bonchev–Trinajstić information content (AvgIpc) is 2.92. The van der Waals surface area contributed by atoms with Gasteiger partial charge in [0.25, 0.3) is 0 Å². The molecular weight excluding hydrogens is 355 g/mol. The molecule has 1 aliphatic rings. The van der Waals surface area contributed by atoms with Gasteiger partial charge in [-0.3, -0.25) is 4.90 Å². The van der Waals surface area contributed by atoms with Crippen LogP contribution in [0.25, 0.3) is 0 Å². The molecule has 0 aliphatic carbocycles. The number of alkyl halides is 3. The molecule has 1 heterocycles. The van der Waals surface area contributed by atoms with E-state index < -0.39 is 62.8 Å². The van der Waals surface area contributed by atoms with Gasteiger partial charge in [-0.1, -0.05) is 12.1 Å². The lowest BCUT2D eigenvalue weighted by atomic mass is 10.2. The molecule has 1 aromatic rings. The van der Waals surface area contributed by atoms with Gasteiger partial charge in [-0.25, -0.2) is 18.0 Å². The maximum Gasteiger partial charge on any atom is 0.417 e. The zero-order valence-corrected chi connectivity index (χ0v) is 12.7.